The molecule has 0 aliphatic heterocycles. The summed E-state index contributed by atoms with van der Waals surface area (Å²) < 4.78 is 0. The molecular weight excluding hydrogens is 530 g/mol. The average molecular weight is 562 g/mol. The van der Waals surface area contributed by atoms with Crippen molar-refractivity contribution in [2.45, 2.75) is 24.9 Å². The van der Waals surface area contributed by atoms with Crippen LogP contribution in [0, 0.1) is 0 Å². The standard InChI is InChI=1S/C28H31N7O6/c29-11-24(36)34-22(9-16-12-30-20-7-3-1-5-18(16)20)27(40)32-14-25(37)35-23(28(41)33-15-26(38)39)10-17-13-31-21-8-4-2-6-19(17)21/h1-8,12-13,22-23,30-31H,9-11,14-15,29H2,(H,32,40)(H,33,41)(H,34,36)(H,35,37)(H,38,39)/t22-,23-/m0/s1. The molecule has 0 saturated heterocycles. The van der Waals surface area contributed by atoms with Crippen LogP contribution in [0.1, 0.15) is 11.1 Å². The molecule has 0 aliphatic carbocycles. The summed E-state index contributed by atoms with van der Waals surface area (Å²) in [6, 6.07) is 12.8. The zero-order chi connectivity index (χ0) is 29.4. The number of amides is 4. The minimum Gasteiger partial charge on any atom is -0.480 e. The highest BCUT2D eigenvalue weighted by Gasteiger charge is 2.25. The Morgan fingerprint density at radius 1 is 0.707 bits per heavy atom. The smallest absolute Gasteiger partial charge is 0.322 e. The number of nitrogens with one attached hydrogen (secondary N) is 6. The van der Waals surface area contributed by atoms with Gasteiger partial charge in [-0.3, -0.25) is 24.0 Å². The number of carbonyl (C=O) groups is 5. The second-order valence-corrected chi connectivity index (χ2v) is 9.40. The molecule has 0 unspecified atom stereocenters. The molecule has 2 aromatic heterocycles. The van der Waals surface area contributed by atoms with E-state index in [2.05, 4.69) is 31.2 Å². The Balaban J connectivity index is 1.43. The van der Waals surface area contributed by atoms with Gasteiger partial charge in [0.15, 0.2) is 0 Å². The Morgan fingerprint density at radius 2 is 1.17 bits per heavy atom. The van der Waals surface area contributed by atoms with Crippen molar-refractivity contribution >= 4 is 51.4 Å². The Kier molecular flexibility index (Phi) is 9.32. The van der Waals surface area contributed by atoms with Crippen molar-refractivity contribution < 1.29 is 29.1 Å². The summed E-state index contributed by atoms with van der Waals surface area (Å²) in [7, 11) is 0. The average Bonchev–Trinajstić information content (AvgIpc) is 3.57. The lowest BCUT2D eigenvalue weighted by atomic mass is 10.0. The number of aliphatic carboxylic acids is 1. The minimum absolute atomic E-state index is 0.0743. The number of H-pyrrole nitrogens is 2. The minimum atomic E-state index is -1.23. The number of hydrogen-bond acceptors (Lipinski definition) is 6. The fourth-order valence-electron chi connectivity index (χ4n) is 4.53. The molecule has 4 aromatic rings. The maximum atomic E-state index is 13.1. The molecular formula is C28H31N7O6. The molecule has 0 aliphatic rings. The summed E-state index contributed by atoms with van der Waals surface area (Å²) >= 11 is 0. The summed E-state index contributed by atoms with van der Waals surface area (Å²) in [5.41, 5.74) is 8.67. The Bertz CT molecular complexity index is 1580. The maximum absolute atomic E-state index is 13.1. The van der Waals surface area contributed by atoms with Gasteiger partial charge in [0.25, 0.3) is 0 Å². The van der Waals surface area contributed by atoms with Gasteiger partial charge >= 0.3 is 5.97 Å². The van der Waals surface area contributed by atoms with Gasteiger partial charge in [-0.25, -0.2) is 0 Å². The second-order valence-electron chi connectivity index (χ2n) is 9.40. The number of benzene rings is 2. The van der Waals surface area contributed by atoms with Crippen LogP contribution in [0.3, 0.4) is 0 Å². The van der Waals surface area contributed by atoms with E-state index in [0.717, 1.165) is 32.9 Å². The highest BCUT2D eigenvalue weighted by molar-refractivity contribution is 5.94. The lowest BCUT2D eigenvalue weighted by molar-refractivity contribution is -0.138. The van der Waals surface area contributed by atoms with Gasteiger partial charge in [0.1, 0.15) is 18.6 Å². The van der Waals surface area contributed by atoms with Gasteiger partial charge in [0.05, 0.1) is 13.1 Å². The predicted octanol–water partition coefficient (Wildman–Crippen LogP) is -0.320. The number of hydrogen-bond donors (Lipinski definition) is 8. The number of rotatable bonds is 13. The van der Waals surface area contributed by atoms with Crippen LogP contribution in [-0.2, 0) is 36.8 Å². The van der Waals surface area contributed by atoms with Crippen molar-refractivity contribution in [1.29, 1.82) is 0 Å². The van der Waals surface area contributed by atoms with Crippen LogP contribution in [0.15, 0.2) is 60.9 Å². The van der Waals surface area contributed by atoms with E-state index in [1.807, 2.05) is 48.5 Å². The van der Waals surface area contributed by atoms with Crippen molar-refractivity contribution in [2.24, 2.45) is 5.73 Å². The Hall–Kier alpha value is -5.17. The first-order valence-electron chi connectivity index (χ1n) is 12.9. The first-order valence-corrected chi connectivity index (χ1v) is 12.9. The number of carboxylic acids is 1. The number of carboxylic acid groups (broad SMARTS) is 1. The number of aromatic amines is 2. The van der Waals surface area contributed by atoms with Gasteiger partial charge in [-0.1, -0.05) is 36.4 Å². The van der Waals surface area contributed by atoms with Crippen LogP contribution < -0.4 is 27.0 Å². The fourth-order valence-corrected chi connectivity index (χ4v) is 4.53. The van der Waals surface area contributed by atoms with Gasteiger partial charge in [-0.05, 0) is 23.3 Å². The van der Waals surface area contributed by atoms with Gasteiger partial charge in [-0.15, -0.1) is 0 Å². The topological polar surface area (TPSA) is 211 Å². The molecule has 0 spiro atoms. The zero-order valence-electron chi connectivity index (χ0n) is 22.0. The molecule has 0 bridgehead atoms. The highest BCUT2D eigenvalue weighted by atomic mass is 16.4. The zero-order valence-corrected chi connectivity index (χ0v) is 22.0. The van der Waals surface area contributed by atoms with Crippen LogP contribution in [0.2, 0.25) is 0 Å². The van der Waals surface area contributed by atoms with E-state index in [9.17, 15) is 24.0 Å². The number of nitrogens with two attached hydrogens (primary N) is 1. The second kappa shape index (κ2) is 13.3. The molecule has 2 heterocycles. The quantitative estimate of drug-likeness (QED) is 0.109. The van der Waals surface area contributed by atoms with Gasteiger partial charge in [0.2, 0.25) is 23.6 Å². The van der Waals surface area contributed by atoms with E-state index in [-0.39, 0.29) is 19.4 Å². The van der Waals surface area contributed by atoms with E-state index >= 15 is 0 Å². The number of carbonyl (C=O) groups excluding carboxylic acids is 4. The Labute approximate surface area is 234 Å². The molecule has 13 heteroatoms. The molecule has 0 saturated carbocycles. The van der Waals surface area contributed by atoms with E-state index in [0.29, 0.717) is 0 Å². The van der Waals surface area contributed by atoms with E-state index in [1.54, 1.807) is 12.4 Å². The first kappa shape index (κ1) is 28.8. The molecule has 9 N–H and O–H groups in total. The van der Waals surface area contributed by atoms with Crippen molar-refractivity contribution in [3.63, 3.8) is 0 Å². The highest BCUT2D eigenvalue weighted by Crippen LogP contribution is 2.20. The molecule has 2 atom stereocenters. The summed E-state index contributed by atoms with van der Waals surface area (Å²) in [5.74, 6) is -3.75. The summed E-state index contributed by atoms with van der Waals surface area (Å²) in [6.45, 7) is -1.43. The number of fused-ring (bicyclic) bond motifs is 2. The molecule has 0 fully saturated rings. The summed E-state index contributed by atoms with van der Waals surface area (Å²) in [4.78, 5) is 67.9. The summed E-state index contributed by atoms with van der Waals surface area (Å²) in [5, 5.41) is 20.6. The Morgan fingerprint density at radius 3 is 1.66 bits per heavy atom. The largest absolute Gasteiger partial charge is 0.480 e. The maximum Gasteiger partial charge on any atom is 0.322 e. The number of para-hydroxylation sites is 2. The lowest BCUT2D eigenvalue weighted by Crippen LogP contribution is -2.54. The molecule has 0 radical (unpaired) electrons. The third-order valence-electron chi connectivity index (χ3n) is 6.52. The van der Waals surface area contributed by atoms with Crippen LogP contribution in [0.25, 0.3) is 21.8 Å². The molecule has 2 aromatic carbocycles. The lowest BCUT2D eigenvalue weighted by Gasteiger charge is -2.20. The van der Waals surface area contributed by atoms with Gasteiger partial charge in [-0.2, -0.15) is 0 Å². The van der Waals surface area contributed by atoms with Crippen molar-refractivity contribution in [3.05, 3.63) is 72.1 Å². The monoisotopic (exact) mass is 561 g/mol. The molecule has 214 valence electrons. The van der Waals surface area contributed by atoms with Crippen molar-refractivity contribution in [2.75, 3.05) is 19.6 Å². The van der Waals surface area contributed by atoms with E-state index in [4.69, 9.17) is 10.8 Å². The van der Waals surface area contributed by atoms with E-state index in [1.165, 1.54) is 0 Å². The van der Waals surface area contributed by atoms with Gasteiger partial charge < -0.3 is 42.1 Å². The van der Waals surface area contributed by atoms with Gasteiger partial charge in [0, 0.05) is 47.0 Å². The van der Waals surface area contributed by atoms with Crippen molar-refractivity contribution in [3.8, 4) is 0 Å². The molecule has 4 amide bonds. The predicted molar refractivity (Wildman–Crippen MR) is 151 cm³/mol. The van der Waals surface area contributed by atoms with Crippen LogP contribution in [0.4, 0.5) is 0 Å². The fraction of sp³-hybridized carbons (Fsp3) is 0.250. The first-order chi connectivity index (χ1) is 19.7. The third-order valence-corrected chi connectivity index (χ3v) is 6.52. The normalized spacial score (nSPS) is 12.4. The SMILES string of the molecule is NCC(=O)N[C@@H](Cc1c[nH]c2ccccc12)C(=O)NCC(=O)N[C@@H](Cc1c[nH]c2ccccc12)C(=O)NCC(=O)O. The number of aromatic nitrogens is 2. The van der Waals surface area contributed by atoms with Crippen LogP contribution in [0.5, 0.6) is 0 Å². The van der Waals surface area contributed by atoms with Crippen LogP contribution in [-0.4, -0.2) is 76.4 Å². The van der Waals surface area contributed by atoms with Crippen LogP contribution >= 0.6 is 0 Å². The van der Waals surface area contributed by atoms with E-state index < -0.39 is 54.8 Å². The molecule has 13 nitrogen and oxygen atoms in total. The third kappa shape index (κ3) is 7.48. The van der Waals surface area contributed by atoms with Crippen molar-refractivity contribution in [1.82, 2.24) is 31.2 Å². The molecule has 4 rings (SSSR count). The summed E-state index contributed by atoms with van der Waals surface area (Å²) in [6.07, 6.45) is 3.68. The molecule has 41 heavy (non-hydrogen) atoms.